The minimum absolute atomic E-state index is 0.292. The van der Waals surface area contributed by atoms with Crippen molar-refractivity contribution < 1.29 is 38.1 Å². The summed E-state index contributed by atoms with van der Waals surface area (Å²) >= 11 is 0. The first-order valence-electron chi connectivity index (χ1n) is 9.99. The Morgan fingerprint density at radius 3 is 1.35 bits per heavy atom. The summed E-state index contributed by atoms with van der Waals surface area (Å²) in [6, 6.07) is 0. The van der Waals surface area contributed by atoms with Crippen molar-refractivity contribution in [3.05, 3.63) is 50.6 Å². The third-order valence-electron chi connectivity index (χ3n) is 3.74. The van der Waals surface area contributed by atoms with E-state index in [0.29, 0.717) is 18.8 Å². The van der Waals surface area contributed by atoms with Crippen LogP contribution in [0.15, 0.2) is 50.6 Å². The zero-order chi connectivity index (χ0) is 24.2. The number of unbranched alkanes of at least 4 members (excludes halogenated alkanes) is 1. The first kappa shape index (κ1) is 30.0. The molecular formula is C23H34O8. The van der Waals surface area contributed by atoms with Gasteiger partial charge in [-0.2, -0.15) is 0 Å². The van der Waals surface area contributed by atoms with E-state index in [4.69, 9.17) is 18.9 Å². The van der Waals surface area contributed by atoms with E-state index in [0.717, 1.165) is 43.6 Å². The Bertz CT molecular complexity index is 579. The van der Waals surface area contributed by atoms with Crippen molar-refractivity contribution in [2.24, 2.45) is 5.92 Å². The Morgan fingerprint density at radius 2 is 1.06 bits per heavy atom. The summed E-state index contributed by atoms with van der Waals surface area (Å²) in [5.41, 5.74) is 0. The minimum Gasteiger partial charge on any atom is -0.422 e. The number of carbonyl (C=O) groups is 4. The van der Waals surface area contributed by atoms with Crippen LogP contribution in [0.1, 0.15) is 52.9 Å². The van der Waals surface area contributed by atoms with E-state index in [9.17, 15) is 19.2 Å². The summed E-state index contributed by atoms with van der Waals surface area (Å²) in [4.78, 5) is 43.8. The number of hydrogen-bond donors (Lipinski definition) is 0. The van der Waals surface area contributed by atoms with Gasteiger partial charge in [-0.15, -0.1) is 0 Å². The third-order valence-corrected chi connectivity index (χ3v) is 3.74. The molecule has 31 heavy (non-hydrogen) atoms. The zero-order valence-electron chi connectivity index (χ0n) is 18.7. The maximum absolute atomic E-state index is 11.0. The van der Waals surface area contributed by atoms with Crippen LogP contribution >= 0.6 is 0 Å². The highest BCUT2D eigenvalue weighted by atomic mass is 16.7. The summed E-state index contributed by atoms with van der Waals surface area (Å²) in [5, 5.41) is 0. The van der Waals surface area contributed by atoms with Crippen molar-refractivity contribution in [3.8, 4) is 0 Å². The molecule has 0 rings (SSSR count). The van der Waals surface area contributed by atoms with Crippen molar-refractivity contribution >= 4 is 23.9 Å². The molecule has 0 aromatic rings. The quantitative estimate of drug-likeness (QED) is 0.226. The smallest absolute Gasteiger partial charge is 0.333 e. The van der Waals surface area contributed by atoms with Gasteiger partial charge in [0.1, 0.15) is 0 Å². The zero-order valence-corrected chi connectivity index (χ0v) is 18.7. The molecule has 0 saturated carbocycles. The Morgan fingerprint density at radius 1 is 0.710 bits per heavy atom. The van der Waals surface area contributed by atoms with Crippen LogP contribution in [0.2, 0.25) is 0 Å². The molecule has 0 bridgehead atoms. The van der Waals surface area contributed by atoms with Gasteiger partial charge in [-0.3, -0.25) is 0 Å². The SMILES string of the molecule is C=CC(=O)OC(CC(C)CC)OC(=O)C=C.C=CC(=O)OC(CCCC)OC(=O)C=C. The second kappa shape index (κ2) is 18.8. The molecule has 0 N–H and O–H groups in total. The van der Waals surface area contributed by atoms with Gasteiger partial charge < -0.3 is 18.9 Å². The summed E-state index contributed by atoms with van der Waals surface area (Å²) in [5.74, 6) is -2.13. The van der Waals surface area contributed by atoms with Gasteiger partial charge in [0.2, 0.25) is 12.6 Å². The highest BCUT2D eigenvalue weighted by Crippen LogP contribution is 2.14. The molecule has 0 fully saturated rings. The fourth-order valence-electron chi connectivity index (χ4n) is 1.84. The standard InChI is InChI=1S/C12H18O4.C11H16O4/c1-5-9(4)8-12(15-10(13)6-2)16-11(14)7-3;1-4-7-8-11(14-9(12)5-2)15-10(13)6-3/h6-7,9,12H,2-3,5,8H2,1,4H3;5-6,11H,2-4,7-8H2,1H3. The molecule has 0 spiro atoms. The predicted octanol–water partition coefficient (Wildman–Crippen LogP) is 4.17. The molecule has 1 unspecified atom stereocenters. The summed E-state index contributed by atoms with van der Waals surface area (Å²) in [6.07, 6.45) is 6.00. The van der Waals surface area contributed by atoms with E-state index in [2.05, 4.69) is 26.3 Å². The first-order chi connectivity index (χ1) is 14.7. The molecule has 0 aliphatic rings. The van der Waals surface area contributed by atoms with Crippen LogP contribution in [-0.4, -0.2) is 36.5 Å². The van der Waals surface area contributed by atoms with E-state index in [1.165, 1.54) is 0 Å². The van der Waals surface area contributed by atoms with Crippen LogP contribution < -0.4 is 0 Å². The van der Waals surface area contributed by atoms with Crippen LogP contribution in [0.4, 0.5) is 0 Å². The average Bonchev–Trinajstić information content (AvgIpc) is 2.76. The first-order valence-corrected chi connectivity index (χ1v) is 9.99. The van der Waals surface area contributed by atoms with Crippen LogP contribution in [0.5, 0.6) is 0 Å². The Labute approximate surface area is 184 Å². The molecule has 0 amide bonds. The molecule has 0 aromatic carbocycles. The molecule has 0 aromatic heterocycles. The van der Waals surface area contributed by atoms with Gasteiger partial charge in [0.15, 0.2) is 0 Å². The van der Waals surface area contributed by atoms with Crippen molar-refractivity contribution in [1.82, 2.24) is 0 Å². The second-order valence-electron chi connectivity index (χ2n) is 6.31. The minimum atomic E-state index is -0.869. The number of hydrogen-bond acceptors (Lipinski definition) is 8. The average molecular weight is 439 g/mol. The molecule has 0 heterocycles. The Hall–Kier alpha value is -3.16. The van der Waals surface area contributed by atoms with E-state index in [1.54, 1.807) is 0 Å². The lowest BCUT2D eigenvalue weighted by Gasteiger charge is -2.19. The van der Waals surface area contributed by atoms with Crippen molar-refractivity contribution in [1.29, 1.82) is 0 Å². The normalized spacial score (nSPS) is 10.6. The van der Waals surface area contributed by atoms with Crippen molar-refractivity contribution in [2.45, 2.75) is 65.5 Å². The van der Waals surface area contributed by atoms with E-state index in [-0.39, 0.29) is 0 Å². The predicted molar refractivity (Wildman–Crippen MR) is 116 cm³/mol. The number of ether oxygens (including phenoxy) is 4. The lowest BCUT2D eigenvalue weighted by atomic mass is 10.1. The topological polar surface area (TPSA) is 105 Å². The Kier molecular flexibility index (Phi) is 18.3. The number of carbonyl (C=O) groups excluding carboxylic acids is 4. The summed E-state index contributed by atoms with van der Waals surface area (Å²) in [7, 11) is 0. The van der Waals surface area contributed by atoms with Gasteiger partial charge in [0.25, 0.3) is 0 Å². The maximum atomic E-state index is 11.0. The van der Waals surface area contributed by atoms with Gasteiger partial charge in [-0.1, -0.05) is 59.9 Å². The van der Waals surface area contributed by atoms with Gasteiger partial charge >= 0.3 is 23.9 Å². The monoisotopic (exact) mass is 438 g/mol. The van der Waals surface area contributed by atoms with Gasteiger partial charge in [0, 0.05) is 37.1 Å². The fourth-order valence-corrected chi connectivity index (χ4v) is 1.84. The van der Waals surface area contributed by atoms with Crippen molar-refractivity contribution in [2.75, 3.05) is 0 Å². The van der Waals surface area contributed by atoms with Gasteiger partial charge in [-0.25, -0.2) is 19.2 Å². The number of esters is 4. The molecule has 0 radical (unpaired) electrons. The molecule has 8 heteroatoms. The molecule has 1 atom stereocenters. The molecule has 174 valence electrons. The van der Waals surface area contributed by atoms with E-state index >= 15 is 0 Å². The van der Waals surface area contributed by atoms with E-state index in [1.807, 2.05) is 20.8 Å². The molecule has 8 nitrogen and oxygen atoms in total. The summed E-state index contributed by atoms with van der Waals surface area (Å²) < 4.78 is 19.4. The molecule has 0 aliphatic carbocycles. The second-order valence-corrected chi connectivity index (χ2v) is 6.31. The number of rotatable bonds is 14. The van der Waals surface area contributed by atoms with Crippen LogP contribution in [-0.2, 0) is 38.1 Å². The van der Waals surface area contributed by atoms with Crippen LogP contribution in [0, 0.1) is 5.92 Å². The highest BCUT2D eigenvalue weighted by molar-refractivity contribution is 5.83. The van der Waals surface area contributed by atoms with Crippen LogP contribution in [0.3, 0.4) is 0 Å². The fraction of sp³-hybridized carbons (Fsp3) is 0.478. The molecule has 0 aliphatic heterocycles. The third kappa shape index (κ3) is 17.4. The summed E-state index contributed by atoms with van der Waals surface area (Å²) in [6.45, 7) is 19.0. The molecular weight excluding hydrogens is 404 g/mol. The largest absolute Gasteiger partial charge is 0.422 e. The van der Waals surface area contributed by atoms with E-state index < -0.39 is 36.5 Å². The van der Waals surface area contributed by atoms with Gasteiger partial charge in [0.05, 0.1) is 0 Å². The lowest BCUT2D eigenvalue weighted by Crippen LogP contribution is -2.25. The van der Waals surface area contributed by atoms with Gasteiger partial charge in [-0.05, 0) is 12.3 Å². The lowest BCUT2D eigenvalue weighted by molar-refractivity contribution is -0.184. The Balaban J connectivity index is 0. The van der Waals surface area contributed by atoms with Crippen LogP contribution in [0.25, 0.3) is 0 Å². The maximum Gasteiger partial charge on any atom is 0.333 e. The molecule has 0 saturated heterocycles. The highest BCUT2D eigenvalue weighted by Gasteiger charge is 2.19. The van der Waals surface area contributed by atoms with Crippen molar-refractivity contribution in [3.63, 3.8) is 0 Å².